The molecule has 0 aliphatic rings. The summed E-state index contributed by atoms with van der Waals surface area (Å²) >= 11 is 17.0. The molecule has 0 aliphatic carbocycles. The Morgan fingerprint density at radius 2 is 1.84 bits per heavy atom. The van der Waals surface area contributed by atoms with Crippen molar-refractivity contribution >= 4 is 63.8 Å². The van der Waals surface area contributed by atoms with E-state index in [1.165, 1.54) is 17.5 Å². The number of anilines is 1. The van der Waals surface area contributed by atoms with Gasteiger partial charge >= 0.3 is 12.2 Å². The van der Waals surface area contributed by atoms with Gasteiger partial charge in [-0.25, -0.2) is 14.8 Å². The van der Waals surface area contributed by atoms with Gasteiger partial charge in [-0.2, -0.15) is 13.2 Å². The summed E-state index contributed by atoms with van der Waals surface area (Å²) in [6.07, 6.45) is -3.77. The first-order valence-electron chi connectivity index (χ1n) is 6.16. The fourth-order valence-corrected chi connectivity index (χ4v) is 2.52. The molecule has 0 unspecified atom stereocenters. The number of hydrogen-bond donors (Lipinski definition) is 2. The van der Waals surface area contributed by atoms with Crippen molar-refractivity contribution in [1.82, 2.24) is 15.3 Å². The first-order chi connectivity index (χ1) is 11.5. The highest BCUT2D eigenvalue weighted by Gasteiger charge is 2.35. The van der Waals surface area contributed by atoms with Crippen LogP contribution in [0.2, 0.25) is 0 Å². The van der Waals surface area contributed by atoms with Crippen LogP contribution < -0.4 is 10.6 Å². The SMILES string of the molecule is O=C(NC(=O)C(Cl)(Cl)Cl)Nc1ccsc1-c1ccnc(C(F)(F)F)n1. The minimum atomic E-state index is -4.71. The van der Waals surface area contributed by atoms with Crippen molar-refractivity contribution in [2.24, 2.45) is 0 Å². The summed E-state index contributed by atoms with van der Waals surface area (Å²) in [4.78, 5) is 30.0. The van der Waals surface area contributed by atoms with E-state index in [1.54, 1.807) is 5.32 Å². The van der Waals surface area contributed by atoms with Crippen LogP contribution in [0.3, 0.4) is 0 Å². The highest BCUT2D eigenvalue weighted by Crippen LogP contribution is 2.34. The van der Waals surface area contributed by atoms with Crippen molar-refractivity contribution in [1.29, 1.82) is 0 Å². The number of urea groups is 1. The molecule has 2 aromatic rings. The Bertz CT molecular complexity index is 807. The van der Waals surface area contributed by atoms with E-state index in [0.29, 0.717) is 0 Å². The highest BCUT2D eigenvalue weighted by molar-refractivity contribution is 7.14. The zero-order valence-electron chi connectivity index (χ0n) is 11.7. The summed E-state index contributed by atoms with van der Waals surface area (Å²) < 4.78 is 35.8. The number of rotatable bonds is 2. The van der Waals surface area contributed by atoms with E-state index in [4.69, 9.17) is 34.8 Å². The lowest BCUT2D eigenvalue weighted by atomic mass is 10.3. The third-order valence-corrected chi connectivity index (χ3v) is 3.99. The summed E-state index contributed by atoms with van der Waals surface area (Å²) in [6, 6.07) is 1.63. The van der Waals surface area contributed by atoms with Gasteiger partial charge in [0.1, 0.15) is 0 Å². The standard InChI is InChI=1S/C12H6Cl3F3N4O2S/c13-11(14,15)9(23)22-10(24)21-6-2-4-25-7(6)5-1-3-19-8(20-5)12(16,17)18/h1-4H,(H2,21,22,23,24). The van der Waals surface area contributed by atoms with Gasteiger partial charge < -0.3 is 5.32 Å². The molecule has 2 rings (SSSR count). The molecular weight excluding hydrogens is 428 g/mol. The largest absolute Gasteiger partial charge is 0.451 e. The van der Waals surface area contributed by atoms with Crippen LogP contribution in [0.1, 0.15) is 5.82 Å². The van der Waals surface area contributed by atoms with E-state index in [-0.39, 0.29) is 16.3 Å². The molecule has 2 heterocycles. The van der Waals surface area contributed by atoms with Crippen LogP contribution >= 0.6 is 46.1 Å². The first kappa shape index (κ1) is 19.7. The zero-order valence-corrected chi connectivity index (χ0v) is 14.8. The van der Waals surface area contributed by atoms with E-state index in [2.05, 4.69) is 15.3 Å². The molecule has 0 bridgehead atoms. The average molecular weight is 434 g/mol. The van der Waals surface area contributed by atoms with Crippen molar-refractivity contribution in [3.05, 3.63) is 29.5 Å². The fourth-order valence-electron chi connectivity index (χ4n) is 1.56. The maximum Gasteiger partial charge on any atom is 0.451 e. The van der Waals surface area contributed by atoms with Crippen LogP contribution in [-0.4, -0.2) is 25.7 Å². The summed E-state index contributed by atoms with van der Waals surface area (Å²) in [7, 11) is 0. The molecule has 2 aromatic heterocycles. The number of imide groups is 1. The predicted octanol–water partition coefficient (Wildman–Crippen LogP) is 4.24. The predicted molar refractivity (Wildman–Crippen MR) is 87.8 cm³/mol. The third-order valence-electron chi connectivity index (χ3n) is 2.54. The third kappa shape index (κ3) is 5.18. The van der Waals surface area contributed by atoms with Gasteiger partial charge in [-0.1, -0.05) is 34.8 Å². The highest BCUT2D eigenvalue weighted by atomic mass is 35.6. The number of carbonyl (C=O) groups excluding carboxylic acids is 2. The Morgan fingerprint density at radius 1 is 1.16 bits per heavy atom. The van der Waals surface area contributed by atoms with Gasteiger partial charge in [0.15, 0.2) is 0 Å². The minimum Gasteiger partial charge on any atom is -0.306 e. The summed E-state index contributed by atoms with van der Waals surface area (Å²) in [6.45, 7) is 0. The molecule has 0 spiro atoms. The molecule has 0 radical (unpaired) electrons. The second-order valence-corrected chi connectivity index (χ2v) is 7.53. The Hall–Kier alpha value is -1.62. The number of carbonyl (C=O) groups is 2. The number of aromatic nitrogens is 2. The van der Waals surface area contributed by atoms with Gasteiger partial charge in [-0.15, -0.1) is 11.3 Å². The zero-order chi connectivity index (χ0) is 18.8. The summed E-state index contributed by atoms with van der Waals surface area (Å²) in [5.41, 5.74) is 0.0618. The van der Waals surface area contributed by atoms with Gasteiger partial charge in [-0.3, -0.25) is 10.1 Å². The number of amides is 3. The Morgan fingerprint density at radius 3 is 2.44 bits per heavy atom. The second-order valence-electron chi connectivity index (χ2n) is 4.33. The number of thiophene rings is 1. The van der Waals surface area contributed by atoms with Gasteiger partial charge in [-0.05, 0) is 17.5 Å². The van der Waals surface area contributed by atoms with E-state index in [0.717, 1.165) is 17.5 Å². The van der Waals surface area contributed by atoms with Crippen LogP contribution in [0.4, 0.5) is 23.7 Å². The number of hydrogen-bond acceptors (Lipinski definition) is 5. The van der Waals surface area contributed by atoms with Gasteiger partial charge in [0.05, 0.1) is 16.3 Å². The molecule has 25 heavy (non-hydrogen) atoms. The van der Waals surface area contributed by atoms with Crippen LogP contribution in [0.25, 0.3) is 10.6 Å². The first-order valence-corrected chi connectivity index (χ1v) is 8.17. The molecule has 0 aliphatic heterocycles. The molecule has 0 atom stereocenters. The molecule has 2 N–H and O–H groups in total. The van der Waals surface area contributed by atoms with Crippen LogP contribution in [0, 0.1) is 0 Å². The molecule has 134 valence electrons. The molecule has 0 saturated heterocycles. The van der Waals surface area contributed by atoms with Crippen molar-refractivity contribution in [3.8, 4) is 10.6 Å². The van der Waals surface area contributed by atoms with Crippen molar-refractivity contribution in [2.75, 3.05) is 5.32 Å². The van der Waals surface area contributed by atoms with Gasteiger partial charge in [0, 0.05) is 6.20 Å². The molecule has 0 fully saturated rings. The van der Waals surface area contributed by atoms with Crippen molar-refractivity contribution in [2.45, 2.75) is 9.97 Å². The molecule has 3 amide bonds. The number of halogens is 6. The maximum atomic E-state index is 12.7. The van der Waals surface area contributed by atoms with Crippen LogP contribution in [0.15, 0.2) is 23.7 Å². The fraction of sp³-hybridized carbons (Fsp3) is 0.167. The summed E-state index contributed by atoms with van der Waals surface area (Å²) in [5, 5.41) is 5.56. The van der Waals surface area contributed by atoms with E-state index in [9.17, 15) is 22.8 Å². The number of nitrogens with zero attached hydrogens (tertiary/aromatic N) is 2. The normalized spacial score (nSPS) is 11.9. The second kappa shape index (κ2) is 7.32. The number of nitrogens with one attached hydrogen (secondary N) is 2. The number of alkyl halides is 6. The van der Waals surface area contributed by atoms with Crippen molar-refractivity contribution in [3.63, 3.8) is 0 Å². The van der Waals surface area contributed by atoms with E-state index < -0.39 is 27.7 Å². The molecule has 13 heteroatoms. The van der Waals surface area contributed by atoms with Crippen LogP contribution in [0.5, 0.6) is 0 Å². The molecular formula is C12H6Cl3F3N4O2S. The molecule has 0 saturated carbocycles. The Labute approximate surface area is 157 Å². The monoisotopic (exact) mass is 432 g/mol. The van der Waals surface area contributed by atoms with Gasteiger partial charge in [0.25, 0.3) is 9.70 Å². The van der Waals surface area contributed by atoms with E-state index in [1.807, 2.05) is 0 Å². The van der Waals surface area contributed by atoms with Crippen LogP contribution in [-0.2, 0) is 11.0 Å². The topological polar surface area (TPSA) is 84.0 Å². The van der Waals surface area contributed by atoms with Crippen molar-refractivity contribution < 1.29 is 22.8 Å². The lowest BCUT2D eigenvalue weighted by Gasteiger charge is -2.12. The van der Waals surface area contributed by atoms with Gasteiger partial charge in [0.2, 0.25) is 5.82 Å². The Balaban J connectivity index is 2.21. The lowest BCUT2D eigenvalue weighted by Crippen LogP contribution is -2.41. The van der Waals surface area contributed by atoms with E-state index >= 15 is 0 Å². The minimum absolute atomic E-state index is 0.0553. The summed E-state index contributed by atoms with van der Waals surface area (Å²) in [5.74, 6) is -2.51. The quantitative estimate of drug-likeness (QED) is 0.694. The molecule has 0 aromatic carbocycles. The lowest BCUT2D eigenvalue weighted by molar-refractivity contribution is -0.144. The molecule has 6 nitrogen and oxygen atoms in total. The average Bonchev–Trinajstić information content (AvgIpc) is 2.93. The Kier molecular flexibility index (Phi) is 5.77. The smallest absolute Gasteiger partial charge is 0.306 e. The maximum absolute atomic E-state index is 12.7.